The molecule has 0 unspecified atom stereocenters. The molecule has 2 N–H and O–H groups in total. The molecule has 0 amide bonds. The van der Waals surface area contributed by atoms with Gasteiger partial charge in [-0.2, -0.15) is 15.0 Å². The molecule has 0 aliphatic heterocycles. The summed E-state index contributed by atoms with van der Waals surface area (Å²) in [5.74, 6) is 2.58. The first-order chi connectivity index (χ1) is 12.0. The van der Waals surface area contributed by atoms with E-state index >= 15 is 0 Å². The molecule has 0 aliphatic rings. The lowest BCUT2D eigenvalue weighted by Gasteiger charge is -2.11. The third kappa shape index (κ3) is 4.44. The smallest absolute Gasteiger partial charge is 0.229 e. The van der Waals surface area contributed by atoms with Crippen LogP contribution in [0.1, 0.15) is 11.5 Å². The molecule has 130 valence electrons. The van der Waals surface area contributed by atoms with Crippen LogP contribution in [-0.2, 0) is 11.5 Å². The number of rotatable bonds is 6. The first-order valence-corrected chi connectivity index (χ1v) is 8.62. The van der Waals surface area contributed by atoms with Gasteiger partial charge in [-0.15, -0.1) is 11.8 Å². The van der Waals surface area contributed by atoms with Crippen molar-refractivity contribution in [2.75, 3.05) is 24.7 Å². The number of nitrogens with zero attached hydrogens (tertiary/aromatic N) is 5. The van der Waals surface area contributed by atoms with Crippen LogP contribution in [0.15, 0.2) is 34.9 Å². The van der Waals surface area contributed by atoms with Crippen LogP contribution in [0.25, 0.3) is 11.5 Å². The third-order valence-electron chi connectivity index (χ3n) is 3.19. The lowest BCUT2D eigenvalue weighted by Crippen LogP contribution is -2.15. The summed E-state index contributed by atoms with van der Waals surface area (Å²) in [5.41, 5.74) is 7.08. The summed E-state index contributed by atoms with van der Waals surface area (Å²) in [6.07, 6.45) is 1.57. The van der Waals surface area contributed by atoms with E-state index in [9.17, 15) is 4.39 Å². The summed E-state index contributed by atoms with van der Waals surface area (Å²) < 4.78 is 18.7. The van der Waals surface area contributed by atoms with Crippen molar-refractivity contribution in [1.29, 1.82) is 0 Å². The van der Waals surface area contributed by atoms with Crippen LogP contribution >= 0.6 is 11.8 Å². The van der Waals surface area contributed by atoms with Gasteiger partial charge in [0.05, 0.1) is 11.4 Å². The van der Waals surface area contributed by atoms with Crippen molar-refractivity contribution >= 4 is 23.7 Å². The van der Waals surface area contributed by atoms with E-state index in [-0.39, 0.29) is 11.8 Å². The molecule has 0 aliphatic carbocycles. The van der Waals surface area contributed by atoms with Gasteiger partial charge in [-0.1, -0.05) is 6.07 Å². The molecule has 3 rings (SSSR count). The van der Waals surface area contributed by atoms with Gasteiger partial charge in [-0.25, -0.2) is 9.37 Å². The van der Waals surface area contributed by atoms with Crippen molar-refractivity contribution < 1.29 is 8.81 Å². The van der Waals surface area contributed by atoms with Crippen LogP contribution < -0.4 is 10.6 Å². The summed E-state index contributed by atoms with van der Waals surface area (Å²) in [6, 6.07) is 6.14. The zero-order chi connectivity index (χ0) is 17.8. The van der Waals surface area contributed by atoms with E-state index in [2.05, 4.69) is 19.9 Å². The Morgan fingerprint density at radius 2 is 2.00 bits per heavy atom. The van der Waals surface area contributed by atoms with E-state index in [1.165, 1.54) is 12.1 Å². The molecule has 0 fully saturated rings. The Hall–Kier alpha value is -2.68. The molecular formula is C16H17FN6OS. The highest BCUT2D eigenvalue weighted by atomic mass is 32.2. The van der Waals surface area contributed by atoms with Crippen molar-refractivity contribution in [3.63, 3.8) is 0 Å². The van der Waals surface area contributed by atoms with Gasteiger partial charge in [-0.3, -0.25) is 0 Å². The topological polar surface area (TPSA) is 94.0 Å². The number of aromatic nitrogens is 4. The Morgan fingerprint density at radius 1 is 1.16 bits per heavy atom. The average Bonchev–Trinajstić information content (AvgIpc) is 3.03. The number of hydrogen-bond donors (Lipinski definition) is 1. The van der Waals surface area contributed by atoms with E-state index in [1.807, 2.05) is 14.1 Å². The Labute approximate surface area is 148 Å². The van der Waals surface area contributed by atoms with Crippen molar-refractivity contribution in [2.45, 2.75) is 11.5 Å². The fourth-order valence-electron chi connectivity index (χ4n) is 2.06. The maximum Gasteiger partial charge on any atom is 0.229 e. The zero-order valence-electron chi connectivity index (χ0n) is 13.8. The largest absolute Gasteiger partial charge is 0.444 e. The molecule has 3 aromatic rings. The van der Waals surface area contributed by atoms with Gasteiger partial charge in [0.25, 0.3) is 0 Å². The summed E-state index contributed by atoms with van der Waals surface area (Å²) in [6.45, 7) is 0. The lowest BCUT2D eigenvalue weighted by atomic mass is 10.2. The van der Waals surface area contributed by atoms with Gasteiger partial charge in [-0.05, 0) is 18.2 Å². The summed E-state index contributed by atoms with van der Waals surface area (Å²) >= 11 is 1.58. The van der Waals surface area contributed by atoms with E-state index in [0.717, 1.165) is 5.69 Å². The Kier molecular flexibility index (Phi) is 5.13. The lowest BCUT2D eigenvalue weighted by molar-refractivity contribution is 0.571. The molecule has 0 bridgehead atoms. The van der Waals surface area contributed by atoms with Gasteiger partial charge in [0.15, 0.2) is 0 Å². The number of oxazole rings is 1. The number of halogens is 1. The van der Waals surface area contributed by atoms with Crippen molar-refractivity contribution in [1.82, 2.24) is 19.9 Å². The number of nitrogen functional groups attached to an aromatic ring is 1. The maximum atomic E-state index is 13.3. The quantitative estimate of drug-likeness (QED) is 0.717. The minimum Gasteiger partial charge on any atom is -0.444 e. The second-order valence-electron chi connectivity index (χ2n) is 5.45. The SMILES string of the molecule is CN(C)c1nc(N)nc(CSCc2coc(-c3cccc(F)c3)n2)n1. The molecule has 0 radical (unpaired) electrons. The molecule has 0 atom stereocenters. The molecule has 0 spiro atoms. The summed E-state index contributed by atoms with van der Waals surface area (Å²) in [7, 11) is 3.68. The third-order valence-corrected chi connectivity index (χ3v) is 4.15. The van der Waals surface area contributed by atoms with E-state index in [0.29, 0.717) is 34.7 Å². The van der Waals surface area contributed by atoms with Crippen molar-refractivity contribution in [3.8, 4) is 11.5 Å². The van der Waals surface area contributed by atoms with Crippen LogP contribution in [0.3, 0.4) is 0 Å². The predicted molar refractivity (Wildman–Crippen MR) is 95.5 cm³/mol. The molecule has 7 nitrogen and oxygen atoms in total. The average molecular weight is 360 g/mol. The first-order valence-electron chi connectivity index (χ1n) is 7.47. The van der Waals surface area contributed by atoms with E-state index in [4.69, 9.17) is 10.2 Å². The van der Waals surface area contributed by atoms with Crippen LogP contribution in [-0.4, -0.2) is 34.0 Å². The molecule has 2 heterocycles. The number of hydrogen-bond acceptors (Lipinski definition) is 8. The minimum atomic E-state index is -0.323. The summed E-state index contributed by atoms with van der Waals surface area (Å²) in [4.78, 5) is 18.7. The Morgan fingerprint density at radius 3 is 2.76 bits per heavy atom. The minimum absolute atomic E-state index is 0.198. The second kappa shape index (κ2) is 7.47. The van der Waals surface area contributed by atoms with Crippen molar-refractivity contribution in [3.05, 3.63) is 47.9 Å². The number of thioether (sulfide) groups is 1. The van der Waals surface area contributed by atoms with Crippen LogP contribution in [0.5, 0.6) is 0 Å². The van der Waals surface area contributed by atoms with Crippen LogP contribution in [0.2, 0.25) is 0 Å². The Balaban J connectivity index is 1.62. The number of nitrogens with two attached hydrogens (primary N) is 1. The van der Waals surface area contributed by atoms with Crippen molar-refractivity contribution in [2.24, 2.45) is 0 Å². The molecule has 25 heavy (non-hydrogen) atoms. The number of benzene rings is 1. The zero-order valence-corrected chi connectivity index (χ0v) is 14.6. The van der Waals surface area contributed by atoms with Gasteiger partial charge >= 0.3 is 0 Å². The van der Waals surface area contributed by atoms with E-state index < -0.39 is 0 Å². The van der Waals surface area contributed by atoms with Gasteiger partial charge in [0, 0.05) is 25.4 Å². The van der Waals surface area contributed by atoms with Crippen LogP contribution in [0.4, 0.5) is 16.3 Å². The van der Waals surface area contributed by atoms with Crippen LogP contribution in [0, 0.1) is 5.82 Å². The molecule has 1 aromatic carbocycles. The van der Waals surface area contributed by atoms with E-state index in [1.54, 1.807) is 35.1 Å². The number of anilines is 2. The fraction of sp³-hybridized carbons (Fsp3) is 0.250. The van der Waals surface area contributed by atoms with Gasteiger partial charge in [0.1, 0.15) is 17.9 Å². The summed E-state index contributed by atoms with van der Waals surface area (Å²) in [5, 5.41) is 0. The molecule has 2 aromatic heterocycles. The standard InChI is InChI=1S/C16H17FN6OS/c1-23(2)16-21-13(20-15(18)22-16)9-25-8-12-7-24-14(19-12)10-4-3-5-11(17)6-10/h3-7H,8-9H2,1-2H3,(H2,18,20,21,22). The maximum absolute atomic E-state index is 13.3. The van der Waals surface area contributed by atoms with Gasteiger partial charge < -0.3 is 15.1 Å². The normalized spacial score (nSPS) is 10.8. The van der Waals surface area contributed by atoms with Gasteiger partial charge in [0.2, 0.25) is 17.8 Å². The first kappa shape index (κ1) is 17.2. The highest BCUT2D eigenvalue weighted by molar-refractivity contribution is 7.97. The fourth-order valence-corrected chi connectivity index (χ4v) is 2.82. The molecular weight excluding hydrogens is 343 g/mol. The second-order valence-corrected chi connectivity index (χ2v) is 6.44. The molecule has 0 saturated heterocycles. The molecule has 0 saturated carbocycles. The monoisotopic (exact) mass is 360 g/mol. The highest BCUT2D eigenvalue weighted by Gasteiger charge is 2.10. The highest BCUT2D eigenvalue weighted by Crippen LogP contribution is 2.22. The predicted octanol–water partition coefficient (Wildman–Crippen LogP) is 2.75. The molecule has 9 heteroatoms. The Bertz CT molecular complexity index is 869.